The van der Waals surface area contributed by atoms with Gasteiger partial charge in [-0.3, -0.25) is 9.69 Å². The summed E-state index contributed by atoms with van der Waals surface area (Å²) in [5.74, 6) is 0.422. The predicted octanol–water partition coefficient (Wildman–Crippen LogP) is 2.47. The number of benzene rings is 1. The molecule has 1 aromatic carbocycles. The average Bonchev–Trinajstić information content (AvgIpc) is 3.38. The first-order chi connectivity index (χ1) is 13.7. The molecule has 1 fully saturated rings. The number of carbonyl (C=O) groups is 1. The van der Waals surface area contributed by atoms with Crippen LogP contribution < -0.4 is 4.74 Å². The second kappa shape index (κ2) is 8.30. The summed E-state index contributed by atoms with van der Waals surface area (Å²) in [6.07, 6.45) is 0.612. The van der Waals surface area contributed by atoms with Crippen molar-refractivity contribution in [2.45, 2.75) is 12.5 Å². The van der Waals surface area contributed by atoms with Gasteiger partial charge in [0, 0.05) is 19.5 Å². The summed E-state index contributed by atoms with van der Waals surface area (Å²) in [6.45, 7) is 3.09. The van der Waals surface area contributed by atoms with Crippen molar-refractivity contribution >= 4 is 23.0 Å². The monoisotopic (exact) mass is 401 g/mol. The first-order valence-electron chi connectivity index (χ1n) is 9.26. The van der Waals surface area contributed by atoms with Crippen LogP contribution in [0.2, 0.25) is 0 Å². The van der Waals surface area contributed by atoms with E-state index < -0.39 is 0 Å². The minimum Gasteiger partial charge on any atom is -0.504 e. The zero-order valence-corrected chi connectivity index (χ0v) is 16.5. The molecule has 148 valence electrons. The maximum Gasteiger partial charge on any atom is 0.257 e. The minimum absolute atomic E-state index is 0.0474. The van der Waals surface area contributed by atoms with Gasteiger partial charge in [0.05, 0.1) is 43.5 Å². The highest BCUT2D eigenvalue weighted by Gasteiger charge is 2.34. The van der Waals surface area contributed by atoms with Crippen LogP contribution in [0.4, 0.5) is 0 Å². The fourth-order valence-electron chi connectivity index (χ4n) is 3.53. The van der Waals surface area contributed by atoms with Crippen LogP contribution in [0.1, 0.15) is 22.9 Å². The van der Waals surface area contributed by atoms with Gasteiger partial charge in [-0.25, -0.2) is 5.01 Å². The van der Waals surface area contributed by atoms with Crippen molar-refractivity contribution in [1.29, 1.82) is 0 Å². The highest BCUT2D eigenvalue weighted by Crippen LogP contribution is 2.37. The average molecular weight is 401 g/mol. The third kappa shape index (κ3) is 3.89. The van der Waals surface area contributed by atoms with E-state index in [0.717, 1.165) is 29.2 Å². The largest absolute Gasteiger partial charge is 0.504 e. The number of thiophene rings is 1. The van der Waals surface area contributed by atoms with E-state index in [1.807, 2.05) is 23.6 Å². The maximum atomic E-state index is 13.1. The molecule has 0 bridgehead atoms. The molecule has 7 nitrogen and oxygen atoms in total. The number of rotatable bonds is 5. The number of nitrogens with zero attached hydrogens (tertiary/aromatic N) is 3. The molecular weight excluding hydrogens is 378 g/mol. The third-order valence-electron chi connectivity index (χ3n) is 5.02. The van der Waals surface area contributed by atoms with E-state index in [0.29, 0.717) is 31.9 Å². The van der Waals surface area contributed by atoms with Crippen molar-refractivity contribution in [1.82, 2.24) is 9.91 Å². The van der Waals surface area contributed by atoms with E-state index in [-0.39, 0.29) is 17.7 Å². The van der Waals surface area contributed by atoms with Gasteiger partial charge in [-0.15, -0.1) is 11.3 Å². The number of phenols is 1. The molecule has 0 unspecified atom stereocenters. The van der Waals surface area contributed by atoms with Gasteiger partial charge in [-0.2, -0.15) is 5.10 Å². The van der Waals surface area contributed by atoms with Crippen molar-refractivity contribution in [3.63, 3.8) is 0 Å². The molecule has 0 spiro atoms. The molecule has 2 aromatic rings. The van der Waals surface area contributed by atoms with Crippen molar-refractivity contribution in [3.8, 4) is 11.5 Å². The number of ether oxygens (including phenoxy) is 2. The molecule has 28 heavy (non-hydrogen) atoms. The van der Waals surface area contributed by atoms with Gasteiger partial charge in [-0.1, -0.05) is 12.1 Å². The molecule has 1 N–H and O–H groups in total. The molecule has 0 radical (unpaired) electrons. The minimum atomic E-state index is -0.248. The highest BCUT2D eigenvalue weighted by molar-refractivity contribution is 7.12. The smallest absolute Gasteiger partial charge is 0.257 e. The van der Waals surface area contributed by atoms with E-state index in [1.54, 1.807) is 28.5 Å². The Morgan fingerprint density at radius 3 is 2.86 bits per heavy atom. The Hall–Kier alpha value is -2.42. The Bertz CT molecular complexity index is 862. The summed E-state index contributed by atoms with van der Waals surface area (Å²) in [5, 5.41) is 18.4. The number of phenolic OH excluding ortho intramolecular Hbond substituents is 1. The fraction of sp³-hybridized carbons (Fsp3) is 0.400. The van der Waals surface area contributed by atoms with Gasteiger partial charge in [-0.05, 0) is 29.1 Å². The summed E-state index contributed by atoms with van der Waals surface area (Å²) in [6, 6.07) is 9.01. The second-order valence-electron chi connectivity index (χ2n) is 6.80. The molecule has 0 aliphatic carbocycles. The molecule has 2 aliphatic rings. The zero-order valence-electron chi connectivity index (χ0n) is 15.7. The normalized spacial score (nSPS) is 20.2. The standard InChI is InChI=1S/C20H23N3O4S/c1-26-18-5-4-14(11-17(18)24)16-12-15(19-3-2-10-28-19)21-23(16)20(25)13-22-6-8-27-9-7-22/h2-5,10-11,16,24H,6-9,12-13H2,1H3/t16-/m1/s1. The Balaban J connectivity index is 1.60. The third-order valence-corrected chi connectivity index (χ3v) is 5.94. The number of hydrogen-bond donors (Lipinski definition) is 1. The first kappa shape index (κ1) is 18.9. The van der Waals surface area contributed by atoms with Crippen LogP contribution in [0.25, 0.3) is 0 Å². The summed E-state index contributed by atoms with van der Waals surface area (Å²) in [7, 11) is 1.51. The Labute approximate surface area is 167 Å². The Kier molecular flexibility index (Phi) is 5.61. The first-order valence-corrected chi connectivity index (χ1v) is 10.1. The van der Waals surface area contributed by atoms with Crippen LogP contribution in [0.5, 0.6) is 11.5 Å². The lowest BCUT2D eigenvalue weighted by molar-refractivity contribution is -0.135. The number of hydrazone groups is 1. The fourth-order valence-corrected chi connectivity index (χ4v) is 4.25. The quantitative estimate of drug-likeness (QED) is 0.833. The van der Waals surface area contributed by atoms with Crippen LogP contribution in [0.15, 0.2) is 40.8 Å². The molecule has 1 saturated heterocycles. The van der Waals surface area contributed by atoms with Gasteiger partial charge in [0.2, 0.25) is 0 Å². The summed E-state index contributed by atoms with van der Waals surface area (Å²) in [5.41, 5.74) is 1.73. The predicted molar refractivity (Wildman–Crippen MR) is 107 cm³/mol. The highest BCUT2D eigenvalue weighted by atomic mass is 32.1. The van der Waals surface area contributed by atoms with Gasteiger partial charge < -0.3 is 14.6 Å². The number of carbonyl (C=O) groups excluding carboxylic acids is 1. The summed E-state index contributed by atoms with van der Waals surface area (Å²) >= 11 is 1.61. The second-order valence-corrected chi connectivity index (χ2v) is 7.75. The van der Waals surface area contributed by atoms with Crippen molar-refractivity contribution in [2.24, 2.45) is 5.10 Å². The van der Waals surface area contributed by atoms with Crippen molar-refractivity contribution < 1.29 is 19.4 Å². The van der Waals surface area contributed by atoms with Crippen LogP contribution in [-0.4, -0.2) is 66.6 Å². The molecule has 1 amide bonds. The van der Waals surface area contributed by atoms with Crippen LogP contribution >= 0.6 is 11.3 Å². The summed E-state index contributed by atoms with van der Waals surface area (Å²) in [4.78, 5) is 16.2. The molecule has 2 aliphatic heterocycles. The Morgan fingerprint density at radius 1 is 1.36 bits per heavy atom. The topological polar surface area (TPSA) is 74.6 Å². The van der Waals surface area contributed by atoms with E-state index in [2.05, 4.69) is 10.0 Å². The molecule has 8 heteroatoms. The summed E-state index contributed by atoms with van der Waals surface area (Å²) < 4.78 is 10.5. The number of amides is 1. The van der Waals surface area contributed by atoms with E-state index in [4.69, 9.17) is 9.47 Å². The lowest BCUT2D eigenvalue weighted by atomic mass is 10.0. The lowest BCUT2D eigenvalue weighted by Crippen LogP contribution is -2.43. The zero-order chi connectivity index (χ0) is 19.5. The number of hydrogen-bond acceptors (Lipinski definition) is 7. The van der Waals surface area contributed by atoms with E-state index >= 15 is 0 Å². The van der Waals surface area contributed by atoms with Crippen LogP contribution in [-0.2, 0) is 9.53 Å². The molecule has 4 rings (SSSR count). The molecule has 1 aromatic heterocycles. The molecule has 3 heterocycles. The molecule has 1 atom stereocenters. The molecular formula is C20H23N3O4S. The lowest BCUT2D eigenvalue weighted by Gasteiger charge is -2.29. The number of morpholine rings is 1. The molecule has 0 saturated carbocycles. The maximum absolute atomic E-state index is 13.1. The SMILES string of the molecule is COc1ccc([C@H]2CC(c3cccs3)=NN2C(=O)CN2CCOCC2)cc1O. The van der Waals surface area contributed by atoms with E-state index in [1.165, 1.54) is 7.11 Å². The number of aromatic hydroxyl groups is 1. The van der Waals surface area contributed by atoms with Crippen molar-refractivity contribution in [3.05, 3.63) is 46.2 Å². The van der Waals surface area contributed by atoms with Crippen LogP contribution in [0.3, 0.4) is 0 Å². The Morgan fingerprint density at radius 2 is 2.18 bits per heavy atom. The van der Waals surface area contributed by atoms with Gasteiger partial charge in [0.15, 0.2) is 11.5 Å². The number of methoxy groups -OCH3 is 1. The van der Waals surface area contributed by atoms with Gasteiger partial charge >= 0.3 is 0 Å². The van der Waals surface area contributed by atoms with Gasteiger partial charge in [0.1, 0.15) is 0 Å². The van der Waals surface area contributed by atoms with Crippen molar-refractivity contribution in [2.75, 3.05) is 40.0 Å². The van der Waals surface area contributed by atoms with Crippen LogP contribution in [0, 0.1) is 0 Å². The van der Waals surface area contributed by atoms with E-state index in [9.17, 15) is 9.90 Å². The van der Waals surface area contributed by atoms with Gasteiger partial charge in [0.25, 0.3) is 5.91 Å².